The normalized spacial score (nSPS) is 12.0. The number of halogens is 2. The first-order chi connectivity index (χ1) is 22.9. The average molecular weight is 711 g/mol. The molecule has 4 rings (SSSR count). The Morgan fingerprint density at radius 2 is 1.56 bits per heavy atom. The molecule has 0 aromatic heterocycles. The SMILES string of the molecule is CCOc1ccc(N(CC(=O)N(Cc2ccc(Cl)cc2Cl)[C@@H](Cc2ccccc2)C(=O)NCC(C)C)S(=O)(=O)c2ccc(C)cc2)cc1. The minimum atomic E-state index is -4.24. The topological polar surface area (TPSA) is 96.0 Å². The predicted molar refractivity (Wildman–Crippen MR) is 192 cm³/mol. The number of ether oxygens (including phenoxy) is 1. The molecule has 0 bridgehead atoms. The molecule has 1 N–H and O–H groups in total. The summed E-state index contributed by atoms with van der Waals surface area (Å²) in [6.45, 7) is 7.86. The number of nitrogens with zero attached hydrogens (tertiary/aromatic N) is 2. The summed E-state index contributed by atoms with van der Waals surface area (Å²) in [7, 11) is -4.24. The van der Waals surface area contributed by atoms with Gasteiger partial charge in [-0.1, -0.05) is 91.1 Å². The van der Waals surface area contributed by atoms with Crippen molar-refractivity contribution in [2.75, 3.05) is 24.0 Å². The van der Waals surface area contributed by atoms with Gasteiger partial charge in [-0.2, -0.15) is 0 Å². The van der Waals surface area contributed by atoms with Crippen molar-refractivity contribution in [2.45, 2.75) is 51.6 Å². The Morgan fingerprint density at radius 3 is 2.17 bits per heavy atom. The van der Waals surface area contributed by atoms with Crippen molar-refractivity contribution in [3.63, 3.8) is 0 Å². The molecule has 0 unspecified atom stereocenters. The van der Waals surface area contributed by atoms with E-state index < -0.39 is 28.5 Å². The second-order valence-electron chi connectivity index (χ2n) is 11.9. The van der Waals surface area contributed by atoms with Gasteiger partial charge in [-0.15, -0.1) is 0 Å². The fraction of sp³-hybridized carbons (Fsp3) is 0.297. The summed E-state index contributed by atoms with van der Waals surface area (Å²) in [5.74, 6) is -0.230. The van der Waals surface area contributed by atoms with E-state index >= 15 is 0 Å². The van der Waals surface area contributed by atoms with Crippen LogP contribution in [-0.4, -0.2) is 50.9 Å². The van der Waals surface area contributed by atoms with Crippen LogP contribution in [-0.2, 0) is 32.6 Å². The van der Waals surface area contributed by atoms with E-state index in [0.29, 0.717) is 34.5 Å². The number of hydrogen-bond donors (Lipinski definition) is 1. The molecule has 0 saturated carbocycles. The maximum atomic E-state index is 14.6. The van der Waals surface area contributed by atoms with E-state index in [9.17, 15) is 18.0 Å². The molecule has 1 atom stereocenters. The Bertz CT molecular complexity index is 1780. The van der Waals surface area contributed by atoms with Gasteiger partial charge in [-0.3, -0.25) is 13.9 Å². The van der Waals surface area contributed by atoms with Crippen LogP contribution in [0, 0.1) is 12.8 Å². The number of benzene rings is 4. The van der Waals surface area contributed by atoms with Crippen LogP contribution in [0.25, 0.3) is 0 Å². The summed E-state index contributed by atoms with van der Waals surface area (Å²) in [6, 6.07) is 26.2. The quantitative estimate of drug-likeness (QED) is 0.140. The summed E-state index contributed by atoms with van der Waals surface area (Å²) in [6.07, 6.45) is 0.190. The van der Waals surface area contributed by atoms with Gasteiger partial charge in [0.25, 0.3) is 10.0 Å². The van der Waals surface area contributed by atoms with E-state index in [0.717, 1.165) is 15.4 Å². The maximum absolute atomic E-state index is 14.6. The lowest BCUT2D eigenvalue weighted by atomic mass is 10.0. The molecule has 0 fully saturated rings. The van der Waals surface area contributed by atoms with Crippen LogP contribution in [0.4, 0.5) is 5.69 Å². The zero-order valence-corrected chi connectivity index (χ0v) is 29.9. The van der Waals surface area contributed by atoms with Crippen molar-refractivity contribution in [3.05, 3.63) is 124 Å². The smallest absolute Gasteiger partial charge is 0.264 e. The van der Waals surface area contributed by atoms with Crippen LogP contribution in [0.5, 0.6) is 5.75 Å². The highest BCUT2D eigenvalue weighted by molar-refractivity contribution is 7.92. The Balaban J connectivity index is 1.82. The van der Waals surface area contributed by atoms with Gasteiger partial charge in [0.05, 0.1) is 17.2 Å². The third kappa shape index (κ3) is 9.75. The van der Waals surface area contributed by atoms with Crippen molar-refractivity contribution in [1.82, 2.24) is 10.2 Å². The highest BCUT2D eigenvalue weighted by Gasteiger charge is 2.35. The summed E-state index contributed by atoms with van der Waals surface area (Å²) in [5, 5.41) is 3.72. The second kappa shape index (κ2) is 16.9. The number of hydrogen-bond acceptors (Lipinski definition) is 5. The fourth-order valence-electron chi connectivity index (χ4n) is 5.05. The summed E-state index contributed by atoms with van der Waals surface area (Å²) in [5.41, 5.74) is 2.54. The molecule has 4 aromatic carbocycles. The zero-order chi connectivity index (χ0) is 34.8. The number of aryl methyl sites for hydroxylation is 1. The molecule has 48 heavy (non-hydrogen) atoms. The van der Waals surface area contributed by atoms with Crippen LogP contribution >= 0.6 is 23.2 Å². The number of rotatable bonds is 15. The molecule has 0 spiro atoms. The molecular formula is C37H41Cl2N3O5S. The number of carbonyl (C=O) groups is 2. The fourth-order valence-corrected chi connectivity index (χ4v) is 6.93. The molecule has 0 aliphatic rings. The molecule has 4 aromatic rings. The molecular weight excluding hydrogens is 669 g/mol. The van der Waals surface area contributed by atoms with Gasteiger partial charge in [0.1, 0.15) is 18.3 Å². The van der Waals surface area contributed by atoms with E-state index in [2.05, 4.69) is 5.32 Å². The van der Waals surface area contributed by atoms with E-state index in [1.165, 1.54) is 17.0 Å². The van der Waals surface area contributed by atoms with Gasteiger partial charge in [-0.05, 0) is 79.4 Å². The molecule has 254 valence electrons. The summed E-state index contributed by atoms with van der Waals surface area (Å²) < 4.78 is 35.1. The number of nitrogens with one attached hydrogen (secondary N) is 1. The number of sulfonamides is 1. The van der Waals surface area contributed by atoms with Gasteiger partial charge in [0.2, 0.25) is 11.8 Å². The lowest BCUT2D eigenvalue weighted by Crippen LogP contribution is -2.53. The molecule has 0 radical (unpaired) electrons. The van der Waals surface area contributed by atoms with Crippen molar-refractivity contribution in [3.8, 4) is 5.75 Å². The largest absolute Gasteiger partial charge is 0.494 e. The van der Waals surface area contributed by atoms with Crippen molar-refractivity contribution < 1.29 is 22.7 Å². The highest BCUT2D eigenvalue weighted by Crippen LogP contribution is 2.28. The predicted octanol–water partition coefficient (Wildman–Crippen LogP) is 7.31. The van der Waals surface area contributed by atoms with E-state index in [1.54, 1.807) is 54.6 Å². The third-order valence-electron chi connectivity index (χ3n) is 7.63. The van der Waals surface area contributed by atoms with Crippen molar-refractivity contribution >= 4 is 50.7 Å². The van der Waals surface area contributed by atoms with E-state index in [4.69, 9.17) is 27.9 Å². The lowest BCUT2D eigenvalue weighted by molar-refractivity contribution is -0.140. The van der Waals surface area contributed by atoms with Crippen LogP contribution in [0.2, 0.25) is 10.0 Å². The minimum Gasteiger partial charge on any atom is -0.494 e. The monoisotopic (exact) mass is 709 g/mol. The highest BCUT2D eigenvalue weighted by atomic mass is 35.5. The second-order valence-corrected chi connectivity index (χ2v) is 14.6. The van der Waals surface area contributed by atoms with Gasteiger partial charge in [-0.25, -0.2) is 8.42 Å². The zero-order valence-electron chi connectivity index (χ0n) is 27.5. The Morgan fingerprint density at radius 1 is 0.896 bits per heavy atom. The van der Waals surface area contributed by atoms with Gasteiger partial charge >= 0.3 is 0 Å². The van der Waals surface area contributed by atoms with Crippen molar-refractivity contribution in [1.29, 1.82) is 0 Å². The first-order valence-electron chi connectivity index (χ1n) is 15.8. The maximum Gasteiger partial charge on any atom is 0.264 e. The molecule has 11 heteroatoms. The van der Waals surface area contributed by atoms with E-state index in [-0.39, 0.29) is 35.4 Å². The molecule has 8 nitrogen and oxygen atoms in total. The summed E-state index contributed by atoms with van der Waals surface area (Å²) >= 11 is 12.8. The first kappa shape index (κ1) is 36.8. The first-order valence-corrected chi connectivity index (χ1v) is 18.0. The number of anilines is 1. The van der Waals surface area contributed by atoms with Crippen LogP contribution < -0.4 is 14.4 Å². The van der Waals surface area contributed by atoms with Gasteiger partial charge < -0.3 is 15.0 Å². The van der Waals surface area contributed by atoms with Crippen LogP contribution in [0.15, 0.2) is 102 Å². The van der Waals surface area contributed by atoms with Gasteiger partial charge in [0, 0.05) is 29.6 Å². The van der Waals surface area contributed by atoms with Crippen LogP contribution in [0.1, 0.15) is 37.5 Å². The Kier molecular flexibility index (Phi) is 12.9. The summed E-state index contributed by atoms with van der Waals surface area (Å²) in [4.78, 5) is 30.0. The van der Waals surface area contributed by atoms with Crippen molar-refractivity contribution in [2.24, 2.45) is 5.92 Å². The average Bonchev–Trinajstić information content (AvgIpc) is 3.06. The molecule has 0 aliphatic heterocycles. The van der Waals surface area contributed by atoms with E-state index in [1.807, 2.05) is 58.0 Å². The molecule has 2 amide bonds. The number of carbonyl (C=O) groups excluding carboxylic acids is 2. The molecule has 0 saturated heterocycles. The number of amides is 2. The van der Waals surface area contributed by atoms with Crippen LogP contribution in [0.3, 0.4) is 0 Å². The van der Waals surface area contributed by atoms with Gasteiger partial charge in [0.15, 0.2) is 0 Å². The Hall–Kier alpha value is -4.05. The molecule has 0 aliphatic carbocycles. The lowest BCUT2D eigenvalue weighted by Gasteiger charge is -2.34. The molecule has 0 heterocycles. The Labute approximate surface area is 293 Å². The third-order valence-corrected chi connectivity index (χ3v) is 10.0. The minimum absolute atomic E-state index is 0.0255. The standard InChI is InChI=1S/C37H41Cl2N3O5S/c1-5-47-32-17-15-31(16-18-32)42(48(45,46)33-19-11-27(4)12-20-33)25-36(43)41(24-29-13-14-30(38)22-34(29)39)35(37(44)40-23-26(2)3)21-28-9-7-6-8-10-28/h6-20,22,26,35H,5,21,23-25H2,1-4H3,(H,40,44)/t35-/m0/s1.